The third-order valence-electron chi connectivity index (χ3n) is 2.60. The quantitative estimate of drug-likeness (QED) is 0.848. The average Bonchev–Trinajstić information content (AvgIpc) is 2.39. The Labute approximate surface area is 120 Å². The lowest BCUT2D eigenvalue weighted by Crippen LogP contribution is -2.33. The van der Waals surface area contributed by atoms with Gasteiger partial charge < -0.3 is 14.2 Å². The highest BCUT2D eigenvalue weighted by atomic mass is 19.4. The molecule has 0 aliphatic carbocycles. The molecule has 0 heterocycles. The topological polar surface area (TPSA) is 56.8 Å². The van der Waals surface area contributed by atoms with Crippen molar-refractivity contribution in [1.29, 1.82) is 0 Å². The lowest BCUT2D eigenvalue weighted by atomic mass is 10.2. The molecule has 0 saturated carbocycles. The van der Waals surface area contributed by atoms with Crippen molar-refractivity contribution in [3.8, 4) is 0 Å². The molecule has 0 spiro atoms. The molecule has 1 aromatic rings. The van der Waals surface area contributed by atoms with Gasteiger partial charge in [-0.2, -0.15) is 13.2 Å². The molecule has 0 aromatic heterocycles. The first-order chi connectivity index (χ1) is 9.77. The summed E-state index contributed by atoms with van der Waals surface area (Å²) in [4.78, 5) is 11.6. The van der Waals surface area contributed by atoms with Gasteiger partial charge in [-0.1, -0.05) is 0 Å². The Hall–Kier alpha value is -1.80. The van der Waals surface area contributed by atoms with Crippen LogP contribution < -0.4 is 5.32 Å². The minimum atomic E-state index is -4.42. The van der Waals surface area contributed by atoms with Crippen molar-refractivity contribution < 1.29 is 32.2 Å². The lowest BCUT2D eigenvalue weighted by molar-refractivity contribution is -0.157. The Morgan fingerprint density at radius 3 is 2.10 bits per heavy atom. The van der Waals surface area contributed by atoms with E-state index in [1.165, 1.54) is 14.2 Å². The van der Waals surface area contributed by atoms with E-state index in [0.717, 1.165) is 24.3 Å². The van der Waals surface area contributed by atoms with Gasteiger partial charge in [-0.3, -0.25) is 5.32 Å². The van der Waals surface area contributed by atoms with Crippen LogP contribution in [-0.4, -0.2) is 32.7 Å². The van der Waals surface area contributed by atoms with Crippen molar-refractivity contribution in [3.63, 3.8) is 0 Å². The van der Waals surface area contributed by atoms with Gasteiger partial charge in [0.15, 0.2) is 12.4 Å². The van der Waals surface area contributed by atoms with Crippen molar-refractivity contribution in [2.45, 2.75) is 25.5 Å². The summed E-state index contributed by atoms with van der Waals surface area (Å²) in [7, 11) is 2.78. The largest absolute Gasteiger partial charge is 0.441 e. The van der Waals surface area contributed by atoms with E-state index in [9.17, 15) is 18.0 Å². The van der Waals surface area contributed by atoms with Crippen LogP contribution >= 0.6 is 0 Å². The number of alkyl halides is 3. The zero-order valence-corrected chi connectivity index (χ0v) is 11.7. The summed E-state index contributed by atoms with van der Waals surface area (Å²) in [5.74, 6) is 0. The number of amides is 1. The Bertz CT molecular complexity index is 457. The second-order valence-corrected chi connectivity index (χ2v) is 4.15. The number of nitrogens with one attached hydrogen (secondary N) is 1. The second-order valence-electron chi connectivity index (χ2n) is 4.15. The molecule has 1 N–H and O–H groups in total. The zero-order valence-electron chi connectivity index (χ0n) is 11.7. The third-order valence-corrected chi connectivity index (χ3v) is 2.60. The van der Waals surface area contributed by atoms with Crippen molar-refractivity contribution in [1.82, 2.24) is 0 Å². The fraction of sp³-hybridized carbons (Fsp3) is 0.462. The molecule has 5 nitrogen and oxygen atoms in total. The van der Waals surface area contributed by atoms with Crippen molar-refractivity contribution >= 4 is 11.8 Å². The number of halogens is 3. The van der Waals surface area contributed by atoms with Crippen LogP contribution in [0.1, 0.15) is 12.5 Å². The number of anilines is 1. The van der Waals surface area contributed by atoms with Crippen molar-refractivity contribution in [2.24, 2.45) is 0 Å². The third kappa shape index (κ3) is 5.24. The van der Waals surface area contributed by atoms with Gasteiger partial charge in [0.05, 0.1) is 5.56 Å². The van der Waals surface area contributed by atoms with Gasteiger partial charge in [-0.15, -0.1) is 0 Å². The van der Waals surface area contributed by atoms with E-state index in [0.29, 0.717) is 0 Å². The van der Waals surface area contributed by atoms with Gasteiger partial charge in [0.1, 0.15) is 0 Å². The van der Waals surface area contributed by atoms with E-state index in [-0.39, 0.29) is 5.69 Å². The van der Waals surface area contributed by atoms with Crippen LogP contribution in [-0.2, 0) is 20.4 Å². The van der Waals surface area contributed by atoms with Crippen molar-refractivity contribution in [2.75, 3.05) is 19.5 Å². The highest BCUT2D eigenvalue weighted by molar-refractivity contribution is 5.84. The van der Waals surface area contributed by atoms with Gasteiger partial charge in [0.25, 0.3) is 0 Å². The summed E-state index contributed by atoms with van der Waals surface area (Å²) in [6.07, 6.45) is -6.66. The molecule has 1 rings (SSSR count). The predicted molar refractivity (Wildman–Crippen MR) is 68.8 cm³/mol. The molecule has 0 bridgehead atoms. The maximum Gasteiger partial charge on any atom is 0.416 e. The van der Waals surface area contributed by atoms with Gasteiger partial charge in [0, 0.05) is 19.9 Å². The van der Waals surface area contributed by atoms with Gasteiger partial charge >= 0.3 is 12.3 Å². The number of carbonyl (C=O) groups excluding carboxylic acids is 1. The molecule has 118 valence electrons. The van der Waals surface area contributed by atoms with Gasteiger partial charge in [-0.05, 0) is 31.2 Å². The van der Waals surface area contributed by atoms with Crippen LogP contribution in [0.5, 0.6) is 0 Å². The first-order valence-electron chi connectivity index (χ1n) is 5.98. The molecule has 1 aromatic carbocycles. The molecule has 21 heavy (non-hydrogen) atoms. The smallest absolute Gasteiger partial charge is 0.416 e. The predicted octanol–water partition coefficient (Wildman–Crippen LogP) is 3.26. The van der Waals surface area contributed by atoms with Crippen LogP contribution in [0, 0.1) is 0 Å². The molecule has 1 amide bonds. The summed E-state index contributed by atoms with van der Waals surface area (Å²) in [5.41, 5.74) is -0.611. The number of methoxy groups -OCH3 is 2. The first-order valence-corrected chi connectivity index (χ1v) is 5.98. The number of hydrogen-bond donors (Lipinski definition) is 1. The maximum atomic E-state index is 12.4. The summed E-state index contributed by atoms with van der Waals surface area (Å²) in [6.45, 7) is 1.56. The van der Waals surface area contributed by atoms with Crippen LogP contribution in [0.2, 0.25) is 0 Å². The monoisotopic (exact) mass is 307 g/mol. The first kappa shape index (κ1) is 17.3. The zero-order chi connectivity index (χ0) is 16.0. The Morgan fingerprint density at radius 1 is 1.14 bits per heavy atom. The summed E-state index contributed by atoms with van der Waals surface area (Å²) in [6, 6.07) is 4.01. The van der Waals surface area contributed by atoms with Crippen molar-refractivity contribution in [3.05, 3.63) is 29.8 Å². The molecule has 0 radical (unpaired) electrons. The molecule has 0 saturated heterocycles. The van der Waals surface area contributed by atoms with Crippen LogP contribution in [0.3, 0.4) is 0 Å². The van der Waals surface area contributed by atoms with E-state index < -0.39 is 30.2 Å². The molecular weight excluding hydrogens is 291 g/mol. The van der Waals surface area contributed by atoms with Crippen LogP contribution in [0.4, 0.5) is 23.7 Å². The van der Waals surface area contributed by atoms with Gasteiger partial charge in [-0.25, -0.2) is 4.79 Å². The molecule has 8 heteroatoms. The number of benzene rings is 1. The molecule has 0 aliphatic rings. The summed E-state index contributed by atoms with van der Waals surface area (Å²) in [5, 5.41) is 2.31. The molecule has 1 unspecified atom stereocenters. The Morgan fingerprint density at radius 2 is 1.67 bits per heavy atom. The van der Waals surface area contributed by atoms with E-state index in [4.69, 9.17) is 14.2 Å². The normalized spacial score (nSPS) is 13.1. The van der Waals surface area contributed by atoms with E-state index in [1.807, 2.05) is 0 Å². The SMILES string of the molecule is COC(OC)C(C)OC(=O)Nc1ccc(C(F)(F)F)cc1. The van der Waals surface area contributed by atoms with Gasteiger partial charge in [0.2, 0.25) is 0 Å². The fourth-order valence-corrected chi connectivity index (χ4v) is 1.59. The number of ether oxygens (including phenoxy) is 3. The average molecular weight is 307 g/mol. The van der Waals surface area contributed by atoms with E-state index in [2.05, 4.69) is 5.32 Å². The van der Waals surface area contributed by atoms with E-state index in [1.54, 1.807) is 6.92 Å². The number of rotatable bonds is 5. The minimum absolute atomic E-state index is 0.187. The summed E-state index contributed by atoms with van der Waals surface area (Å²) >= 11 is 0. The molecule has 0 fully saturated rings. The number of carbonyl (C=O) groups is 1. The van der Waals surface area contributed by atoms with Crippen LogP contribution in [0.15, 0.2) is 24.3 Å². The van der Waals surface area contributed by atoms with E-state index >= 15 is 0 Å². The minimum Gasteiger partial charge on any atom is -0.441 e. The highest BCUT2D eigenvalue weighted by Crippen LogP contribution is 2.29. The lowest BCUT2D eigenvalue weighted by Gasteiger charge is -2.21. The molecule has 0 aliphatic heterocycles. The standard InChI is InChI=1S/C13H16F3NO4/c1-8(11(19-2)20-3)21-12(18)17-10-6-4-9(5-7-10)13(14,15)16/h4-8,11H,1-3H3,(H,17,18). The fourth-order valence-electron chi connectivity index (χ4n) is 1.59. The van der Waals surface area contributed by atoms with Crippen LogP contribution in [0.25, 0.3) is 0 Å². The second kappa shape index (κ2) is 7.28. The Kier molecular flexibility index (Phi) is 5.98. The molecule has 1 atom stereocenters. The molecular formula is C13H16F3NO4. The summed E-state index contributed by atoms with van der Waals surface area (Å²) < 4.78 is 51.9. The number of hydrogen-bond acceptors (Lipinski definition) is 4. The Balaban J connectivity index is 2.59. The highest BCUT2D eigenvalue weighted by Gasteiger charge is 2.30. The maximum absolute atomic E-state index is 12.4.